The number of aromatic nitrogens is 1. The molecule has 138 valence electrons. The van der Waals surface area contributed by atoms with Crippen LogP contribution in [0.15, 0.2) is 79.1 Å². The van der Waals surface area contributed by atoms with Crippen molar-refractivity contribution >= 4 is 5.91 Å². The van der Waals surface area contributed by atoms with E-state index in [0.717, 1.165) is 16.7 Å². The van der Waals surface area contributed by atoms with Crippen LogP contribution >= 0.6 is 0 Å². The monoisotopic (exact) mass is 360 g/mol. The van der Waals surface area contributed by atoms with Gasteiger partial charge in [-0.3, -0.25) is 9.78 Å². The van der Waals surface area contributed by atoms with E-state index in [2.05, 4.69) is 34.6 Å². The average Bonchev–Trinajstić information content (AvgIpc) is 2.70. The highest BCUT2D eigenvalue weighted by Gasteiger charge is 2.26. The van der Waals surface area contributed by atoms with E-state index in [4.69, 9.17) is 0 Å². The summed E-state index contributed by atoms with van der Waals surface area (Å²) in [6.07, 6.45) is 3.38. The highest BCUT2D eigenvalue weighted by molar-refractivity contribution is 5.96. The van der Waals surface area contributed by atoms with E-state index in [1.54, 1.807) is 32.3 Å². The fourth-order valence-corrected chi connectivity index (χ4v) is 3.10. The van der Waals surface area contributed by atoms with E-state index in [0.29, 0.717) is 5.56 Å². The van der Waals surface area contributed by atoms with Gasteiger partial charge in [-0.15, -0.1) is 0 Å². The summed E-state index contributed by atoms with van der Waals surface area (Å²) in [5, 5.41) is 12.4. The summed E-state index contributed by atoms with van der Waals surface area (Å²) in [5.41, 5.74) is 2.87. The van der Waals surface area contributed by atoms with E-state index >= 15 is 0 Å². The van der Waals surface area contributed by atoms with E-state index in [9.17, 15) is 9.90 Å². The maximum Gasteiger partial charge on any atom is 0.252 e. The number of rotatable bonds is 6. The molecule has 0 aliphatic heterocycles. The predicted molar refractivity (Wildman–Crippen MR) is 107 cm³/mol. The molecule has 0 bridgehead atoms. The first-order valence-electron chi connectivity index (χ1n) is 8.99. The molecule has 0 aliphatic rings. The molecule has 1 aromatic heterocycles. The van der Waals surface area contributed by atoms with Gasteiger partial charge in [-0.1, -0.05) is 60.7 Å². The molecule has 1 heterocycles. The summed E-state index contributed by atoms with van der Waals surface area (Å²) >= 11 is 0. The normalized spacial score (nSPS) is 11.4. The Hall–Kier alpha value is -2.98. The van der Waals surface area contributed by atoms with E-state index in [1.165, 1.54) is 0 Å². The molecule has 0 saturated heterocycles. The minimum atomic E-state index is -0.702. The van der Waals surface area contributed by atoms with Gasteiger partial charge in [0.05, 0.1) is 12.1 Å². The molecule has 0 spiro atoms. The fraction of sp³-hybridized carbons (Fsp3) is 0.217. The molecule has 0 fully saturated rings. The molecule has 0 atom stereocenters. The number of benzene rings is 2. The third-order valence-corrected chi connectivity index (χ3v) is 4.52. The maximum absolute atomic E-state index is 13.0. The average molecular weight is 360 g/mol. The Balaban J connectivity index is 2.10. The smallest absolute Gasteiger partial charge is 0.252 e. The first kappa shape index (κ1) is 18.8. The maximum atomic E-state index is 13.0. The topological polar surface area (TPSA) is 62.2 Å². The third-order valence-electron chi connectivity index (χ3n) is 4.52. The van der Waals surface area contributed by atoms with Crippen LogP contribution in [-0.4, -0.2) is 28.1 Å². The van der Waals surface area contributed by atoms with Gasteiger partial charge in [0.25, 0.3) is 5.91 Å². The van der Waals surface area contributed by atoms with Crippen molar-refractivity contribution in [1.82, 2.24) is 10.3 Å². The number of hydrogen-bond acceptors (Lipinski definition) is 3. The van der Waals surface area contributed by atoms with E-state index in [-0.39, 0.29) is 18.4 Å². The van der Waals surface area contributed by atoms with Crippen molar-refractivity contribution in [3.8, 4) is 0 Å². The Bertz CT molecular complexity index is 853. The summed E-state index contributed by atoms with van der Waals surface area (Å²) in [6, 6.07) is 21.9. The molecule has 0 radical (unpaired) electrons. The molecule has 0 unspecified atom stereocenters. The standard InChI is InChI=1S/C23H24N2O2/c1-23(2,16-26)25-22(27)19-13-14-24-15-20(19)21(17-9-5-3-6-10-17)18-11-7-4-8-12-18/h3-15,21,26H,16H2,1-2H3,(H,25,27). The van der Waals surface area contributed by atoms with Gasteiger partial charge in [0.15, 0.2) is 0 Å². The second-order valence-corrected chi connectivity index (χ2v) is 7.21. The largest absolute Gasteiger partial charge is 0.394 e. The van der Waals surface area contributed by atoms with Crippen LogP contribution in [0.3, 0.4) is 0 Å². The van der Waals surface area contributed by atoms with Gasteiger partial charge in [0, 0.05) is 23.9 Å². The highest BCUT2D eigenvalue weighted by atomic mass is 16.3. The second kappa shape index (κ2) is 8.14. The SMILES string of the molecule is CC(C)(CO)NC(=O)c1ccncc1C(c1ccccc1)c1ccccc1. The van der Waals surface area contributed by atoms with Gasteiger partial charge in [-0.2, -0.15) is 0 Å². The second-order valence-electron chi connectivity index (χ2n) is 7.21. The molecule has 27 heavy (non-hydrogen) atoms. The lowest BCUT2D eigenvalue weighted by Gasteiger charge is -2.26. The van der Waals surface area contributed by atoms with Crippen molar-refractivity contribution in [3.63, 3.8) is 0 Å². The molecule has 1 amide bonds. The van der Waals surface area contributed by atoms with E-state index in [1.807, 2.05) is 36.4 Å². The first-order chi connectivity index (χ1) is 13.0. The lowest BCUT2D eigenvalue weighted by atomic mass is 9.83. The Kier molecular flexibility index (Phi) is 5.67. The van der Waals surface area contributed by atoms with Crippen LogP contribution in [-0.2, 0) is 0 Å². The first-order valence-corrected chi connectivity index (χ1v) is 8.99. The molecule has 2 aromatic carbocycles. The van der Waals surface area contributed by atoms with Crippen molar-refractivity contribution in [2.45, 2.75) is 25.3 Å². The number of aliphatic hydroxyl groups excluding tert-OH is 1. The van der Waals surface area contributed by atoms with Crippen LogP contribution < -0.4 is 5.32 Å². The van der Waals surface area contributed by atoms with Crippen molar-refractivity contribution in [3.05, 3.63) is 101 Å². The lowest BCUT2D eigenvalue weighted by molar-refractivity contribution is 0.0868. The Morgan fingerprint density at radius 2 is 1.56 bits per heavy atom. The van der Waals surface area contributed by atoms with Crippen LogP contribution in [0.5, 0.6) is 0 Å². The number of aliphatic hydroxyl groups is 1. The van der Waals surface area contributed by atoms with Crippen molar-refractivity contribution in [1.29, 1.82) is 0 Å². The zero-order chi connectivity index (χ0) is 19.3. The number of pyridine rings is 1. The van der Waals surface area contributed by atoms with Crippen molar-refractivity contribution in [2.24, 2.45) is 0 Å². The zero-order valence-electron chi connectivity index (χ0n) is 15.6. The Labute approximate surface area is 159 Å². The van der Waals surface area contributed by atoms with Gasteiger partial charge in [0.2, 0.25) is 0 Å². The summed E-state index contributed by atoms with van der Waals surface area (Å²) < 4.78 is 0. The molecule has 2 N–H and O–H groups in total. The quantitative estimate of drug-likeness (QED) is 0.703. The number of amides is 1. The summed E-state index contributed by atoms with van der Waals surface area (Å²) in [5.74, 6) is -0.331. The lowest BCUT2D eigenvalue weighted by Crippen LogP contribution is -2.46. The molecular weight excluding hydrogens is 336 g/mol. The molecule has 4 nitrogen and oxygen atoms in total. The molecule has 4 heteroatoms. The number of carbonyl (C=O) groups excluding carboxylic acids is 1. The van der Waals surface area contributed by atoms with Gasteiger partial charge in [0.1, 0.15) is 0 Å². The van der Waals surface area contributed by atoms with Gasteiger partial charge >= 0.3 is 0 Å². The van der Waals surface area contributed by atoms with Gasteiger partial charge in [-0.05, 0) is 36.6 Å². The zero-order valence-corrected chi connectivity index (χ0v) is 15.6. The number of nitrogens with one attached hydrogen (secondary N) is 1. The molecule has 3 aromatic rings. The molecular formula is C23H24N2O2. The number of carbonyl (C=O) groups is 1. The van der Waals surface area contributed by atoms with Crippen LogP contribution in [0.4, 0.5) is 0 Å². The Morgan fingerprint density at radius 1 is 1.00 bits per heavy atom. The van der Waals surface area contributed by atoms with Crippen LogP contribution in [0.2, 0.25) is 0 Å². The fourth-order valence-electron chi connectivity index (χ4n) is 3.10. The van der Waals surface area contributed by atoms with Crippen molar-refractivity contribution in [2.75, 3.05) is 6.61 Å². The number of hydrogen-bond donors (Lipinski definition) is 2. The highest BCUT2D eigenvalue weighted by Crippen LogP contribution is 2.33. The summed E-state index contributed by atoms with van der Waals surface area (Å²) in [6.45, 7) is 3.44. The van der Waals surface area contributed by atoms with Crippen LogP contribution in [0.25, 0.3) is 0 Å². The minimum absolute atomic E-state index is 0.112. The van der Waals surface area contributed by atoms with Gasteiger partial charge in [-0.25, -0.2) is 0 Å². The van der Waals surface area contributed by atoms with Crippen LogP contribution in [0.1, 0.15) is 46.8 Å². The number of nitrogens with zero attached hydrogens (tertiary/aromatic N) is 1. The predicted octanol–water partition coefficient (Wildman–Crippen LogP) is 3.76. The summed E-state index contributed by atoms with van der Waals surface area (Å²) in [4.78, 5) is 17.2. The minimum Gasteiger partial charge on any atom is -0.394 e. The van der Waals surface area contributed by atoms with E-state index < -0.39 is 5.54 Å². The summed E-state index contributed by atoms with van der Waals surface area (Å²) in [7, 11) is 0. The third kappa shape index (κ3) is 4.41. The molecule has 3 rings (SSSR count). The Morgan fingerprint density at radius 3 is 2.07 bits per heavy atom. The molecule has 0 aliphatic carbocycles. The molecule has 0 saturated carbocycles. The van der Waals surface area contributed by atoms with Crippen LogP contribution in [0, 0.1) is 0 Å². The van der Waals surface area contributed by atoms with Gasteiger partial charge < -0.3 is 10.4 Å². The van der Waals surface area contributed by atoms with Crippen molar-refractivity contribution < 1.29 is 9.90 Å².